The summed E-state index contributed by atoms with van der Waals surface area (Å²) < 4.78 is 45.7. The highest BCUT2D eigenvalue weighted by Crippen LogP contribution is 2.72. The Kier molecular flexibility index (Phi) is 11.5. The van der Waals surface area contributed by atoms with Crippen LogP contribution in [0.5, 0.6) is 0 Å². The van der Waals surface area contributed by atoms with E-state index in [4.69, 9.17) is 14.6 Å². The number of amides is 1. The topological polar surface area (TPSA) is 187 Å². The van der Waals surface area contributed by atoms with Crippen molar-refractivity contribution in [1.29, 1.82) is 0 Å². The quantitative estimate of drug-likeness (QED) is 0.0952. The largest absolute Gasteiger partial charge is 0.379 e. The van der Waals surface area contributed by atoms with Gasteiger partial charge < -0.3 is 19.7 Å². The number of ketones is 1. The Bertz CT molecular complexity index is 3040. The molecule has 4 bridgehead atoms. The lowest BCUT2D eigenvalue weighted by atomic mass is 9.39. The number of morpholine rings is 1. The number of sulfonamides is 1. The van der Waals surface area contributed by atoms with Crippen LogP contribution in [0, 0.1) is 30.1 Å². The third-order valence-corrected chi connectivity index (χ3v) is 17.4. The number of nitrogens with zero attached hydrogens (tertiary/aromatic N) is 8. The minimum absolute atomic E-state index is 0.00804. The summed E-state index contributed by atoms with van der Waals surface area (Å²) in [4.78, 5) is 42.4. The van der Waals surface area contributed by atoms with Crippen LogP contribution in [0.25, 0.3) is 21.3 Å². The van der Waals surface area contributed by atoms with Crippen molar-refractivity contribution in [3.05, 3.63) is 101 Å². The lowest BCUT2D eigenvalue weighted by Gasteiger charge is -2.69. The van der Waals surface area contributed by atoms with E-state index in [9.17, 15) is 18.0 Å². The second-order valence-corrected chi connectivity index (χ2v) is 23.7. The summed E-state index contributed by atoms with van der Waals surface area (Å²) in [6.07, 6.45) is 9.19. The predicted octanol–water partition coefficient (Wildman–Crippen LogP) is 7.73. The van der Waals surface area contributed by atoms with Gasteiger partial charge in [0, 0.05) is 61.8 Å². The van der Waals surface area contributed by atoms with E-state index in [1.165, 1.54) is 36.0 Å². The first kappa shape index (κ1) is 45.8. The lowest BCUT2D eigenvalue weighted by molar-refractivity contribution is -0.249. The first-order valence-electron chi connectivity index (χ1n) is 24.0. The van der Waals surface area contributed by atoms with E-state index in [0.717, 1.165) is 106 Å². The second-order valence-electron chi connectivity index (χ2n) is 21.0. The molecule has 4 aliphatic carbocycles. The monoisotopic (exact) mass is 970 g/mol. The minimum Gasteiger partial charge on any atom is -0.379 e. The maximum atomic E-state index is 14.5. The van der Waals surface area contributed by atoms with Crippen molar-refractivity contribution in [2.24, 2.45) is 16.2 Å². The molecule has 4 aromatic heterocycles. The molecule has 1 amide bonds. The van der Waals surface area contributed by atoms with Gasteiger partial charge in [0.2, 0.25) is 5.78 Å². The van der Waals surface area contributed by atoms with Gasteiger partial charge in [-0.2, -0.15) is 5.10 Å². The van der Waals surface area contributed by atoms with E-state index in [-0.39, 0.29) is 43.8 Å². The molecule has 0 spiro atoms. The third kappa shape index (κ3) is 8.94. The van der Waals surface area contributed by atoms with Gasteiger partial charge in [0.15, 0.2) is 10.9 Å². The van der Waals surface area contributed by atoms with Crippen molar-refractivity contribution < 1.29 is 27.5 Å². The van der Waals surface area contributed by atoms with E-state index in [1.807, 2.05) is 42.8 Å². The SMILES string of the molecule is Cc1cc(C(=O)c2ccc(-c3cnn(CC45CC6(C)CC(C)(C4)CC(OCCN4CCOCC4)(C6)C5)c3C)c(C(=O)NS(=O)(=O)c3ccc(N4CCC4)cc3)n2)nnc1Nc1nc2ccccc2s1. The van der Waals surface area contributed by atoms with E-state index in [2.05, 4.69) is 53.9 Å². The van der Waals surface area contributed by atoms with Crippen molar-refractivity contribution in [1.82, 2.24) is 39.6 Å². The maximum absolute atomic E-state index is 14.5. The Labute approximate surface area is 406 Å². The van der Waals surface area contributed by atoms with Crippen LogP contribution in [0.3, 0.4) is 0 Å². The van der Waals surface area contributed by atoms with Crippen molar-refractivity contribution in [2.45, 2.75) is 89.7 Å². The Morgan fingerprint density at radius 3 is 2.30 bits per heavy atom. The number of carbonyl (C=O) groups excluding carboxylic acids is 2. The fraction of sp³-hybridized carbons (Fsp3) is 0.471. The van der Waals surface area contributed by atoms with Crippen molar-refractivity contribution in [2.75, 3.05) is 62.8 Å². The number of thiazole rings is 1. The molecule has 2 saturated heterocycles. The van der Waals surface area contributed by atoms with Crippen LogP contribution in [0.4, 0.5) is 16.6 Å². The Morgan fingerprint density at radius 2 is 1.59 bits per heavy atom. The number of carbonyl (C=O) groups is 2. The molecule has 2 atom stereocenters. The normalized spacial score (nSPS) is 25.5. The highest BCUT2D eigenvalue weighted by atomic mass is 32.2. The number of rotatable bonds is 15. The number of ether oxygens (including phenoxy) is 2. The summed E-state index contributed by atoms with van der Waals surface area (Å²) in [6.45, 7) is 16.1. The van der Waals surface area contributed by atoms with Crippen LogP contribution in [0.2, 0.25) is 0 Å². The molecule has 2 unspecified atom stereocenters. The van der Waals surface area contributed by atoms with Gasteiger partial charge in [0.1, 0.15) is 17.1 Å². The van der Waals surface area contributed by atoms with Crippen LogP contribution < -0.4 is 14.9 Å². The average Bonchev–Trinajstić information content (AvgIpc) is 3.86. The molecule has 69 heavy (non-hydrogen) atoms. The van der Waals surface area contributed by atoms with Gasteiger partial charge in [-0.05, 0) is 135 Å². The van der Waals surface area contributed by atoms with Gasteiger partial charge in [-0.15, -0.1) is 10.2 Å². The summed E-state index contributed by atoms with van der Waals surface area (Å²) >= 11 is 1.48. The zero-order chi connectivity index (χ0) is 47.8. The number of anilines is 3. The summed E-state index contributed by atoms with van der Waals surface area (Å²) in [6, 6.07) is 19.1. The first-order chi connectivity index (χ1) is 33.1. The molecule has 6 aliphatic rings. The summed E-state index contributed by atoms with van der Waals surface area (Å²) in [5.74, 6) is -1.12. The molecule has 12 rings (SSSR count). The molecule has 360 valence electrons. The summed E-state index contributed by atoms with van der Waals surface area (Å²) in [5, 5.41) is 17.4. The molecule has 6 aromatic rings. The Hall–Kier alpha value is -5.66. The number of nitrogens with one attached hydrogen (secondary N) is 2. The third-order valence-electron chi connectivity index (χ3n) is 15.1. The zero-order valence-corrected chi connectivity index (χ0v) is 41.2. The van der Waals surface area contributed by atoms with Gasteiger partial charge in [0.25, 0.3) is 15.9 Å². The molecule has 2 aromatic carbocycles. The van der Waals surface area contributed by atoms with Crippen LogP contribution in [0.1, 0.15) is 96.7 Å². The summed E-state index contributed by atoms with van der Waals surface area (Å²) in [5.41, 5.74) is 3.87. The number of hydrogen-bond acceptors (Lipinski definition) is 15. The number of aromatic nitrogens is 6. The smallest absolute Gasteiger partial charge is 0.284 e. The average molecular weight is 971 g/mol. The highest BCUT2D eigenvalue weighted by molar-refractivity contribution is 7.90. The molecule has 16 nitrogen and oxygen atoms in total. The number of benzene rings is 2. The van der Waals surface area contributed by atoms with Gasteiger partial charge in [-0.25, -0.2) is 23.1 Å². The number of fused-ring (bicyclic) bond motifs is 1. The molecule has 2 N–H and O–H groups in total. The summed E-state index contributed by atoms with van der Waals surface area (Å²) in [7, 11) is -4.35. The van der Waals surface area contributed by atoms with Crippen LogP contribution in [-0.4, -0.2) is 113 Å². The predicted molar refractivity (Wildman–Crippen MR) is 264 cm³/mol. The number of para-hydroxylation sites is 1. The molecule has 0 radical (unpaired) electrons. The number of hydrogen-bond donors (Lipinski definition) is 2. The van der Waals surface area contributed by atoms with E-state index in [0.29, 0.717) is 40.8 Å². The van der Waals surface area contributed by atoms with Crippen LogP contribution in [-0.2, 0) is 26.0 Å². The van der Waals surface area contributed by atoms with Gasteiger partial charge >= 0.3 is 0 Å². The zero-order valence-electron chi connectivity index (χ0n) is 39.6. The molecule has 6 heterocycles. The Morgan fingerprint density at radius 1 is 0.841 bits per heavy atom. The van der Waals surface area contributed by atoms with Crippen molar-refractivity contribution in [3.63, 3.8) is 0 Å². The fourth-order valence-electron chi connectivity index (χ4n) is 13.0. The van der Waals surface area contributed by atoms with Crippen LogP contribution >= 0.6 is 11.3 Å². The Balaban J connectivity index is 0.886. The molecule has 18 heteroatoms. The van der Waals surface area contributed by atoms with Gasteiger partial charge in [-0.3, -0.25) is 19.2 Å². The van der Waals surface area contributed by atoms with Crippen molar-refractivity contribution >= 4 is 59.9 Å². The highest BCUT2D eigenvalue weighted by Gasteiger charge is 2.66. The van der Waals surface area contributed by atoms with E-state index in [1.54, 1.807) is 30.5 Å². The molecule has 4 saturated carbocycles. The fourth-order valence-corrected chi connectivity index (χ4v) is 14.9. The molecule has 6 fully saturated rings. The first-order valence-corrected chi connectivity index (χ1v) is 26.3. The van der Waals surface area contributed by atoms with Gasteiger partial charge in [-0.1, -0.05) is 37.3 Å². The number of pyridine rings is 1. The van der Waals surface area contributed by atoms with E-state index >= 15 is 0 Å². The molecular weight excluding hydrogens is 913 g/mol. The standard InChI is InChI=1S/C51H58N10O6S2/c1-33-24-41(56-57-45(33)55-47-54-39-8-5-6-9-42(39)68-47)44(62)40-15-14-37(43(53-40)46(63)58-69(64,65)36-12-10-35(11-13-36)60-16-7-17-60)38-25-52-61(34(38)2)32-50-27-48(3)26-49(4,28-50)30-51(29-48,31-50)67-23-20-59-18-21-66-22-19-59/h5-6,8-15,24-25H,7,16-23,26-32H2,1-4H3,(H,58,63)(H,54,55,57). The van der Waals surface area contributed by atoms with Crippen molar-refractivity contribution in [3.8, 4) is 11.1 Å². The van der Waals surface area contributed by atoms with Gasteiger partial charge in [0.05, 0.1) is 46.7 Å². The molecular formula is C51H58N10O6S2. The number of aryl methyl sites for hydroxylation is 1. The maximum Gasteiger partial charge on any atom is 0.284 e. The minimum atomic E-state index is -4.35. The van der Waals surface area contributed by atoms with Crippen LogP contribution in [0.15, 0.2) is 77.8 Å². The van der Waals surface area contributed by atoms with E-state index < -0.39 is 21.7 Å². The lowest BCUT2D eigenvalue weighted by Crippen LogP contribution is -2.64. The second kappa shape index (κ2) is 17.3. The molecule has 2 aliphatic heterocycles.